The first-order valence-electron chi connectivity index (χ1n) is 11.6. The van der Waals surface area contributed by atoms with Crippen LogP contribution in [0.1, 0.15) is 12.0 Å². The fraction of sp³-hybridized carbons (Fsp3) is 0.522. The standard InChI is InChI=1S/C23H29F3N6O3/c24-23(25,26)35-20-3-1-2-17(10-20)11-27-22-28-12-19(13-29-22)31-8-6-30(7-9-31)15-21(34)32-5-4-18(14-32)16-33/h1-3,10,12-13,18,33H,4-9,11,14-16H2,(H,27,28,29). The molecule has 2 aromatic rings. The first-order valence-corrected chi connectivity index (χ1v) is 11.6. The van der Waals surface area contributed by atoms with Crippen molar-refractivity contribution in [1.82, 2.24) is 19.8 Å². The SMILES string of the molecule is O=C(CN1CCN(c2cnc(NCc3cccc(OC(F)(F)F)c3)nc2)CC1)N1CCC(CO)C1. The average molecular weight is 495 g/mol. The number of nitrogens with one attached hydrogen (secondary N) is 1. The highest BCUT2D eigenvalue weighted by Crippen LogP contribution is 2.24. The van der Waals surface area contributed by atoms with E-state index in [0.29, 0.717) is 31.1 Å². The number of carbonyl (C=O) groups excluding carboxylic acids is 1. The van der Waals surface area contributed by atoms with Gasteiger partial charge in [-0.25, -0.2) is 9.97 Å². The molecule has 2 N–H and O–H groups in total. The fourth-order valence-corrected chi connectivity index (χ4v) is 4.27. The molecule has 1 amide bonds. The Morgan fingerprint density at radius 1 is 1.14 bits per heavy atom. The molecule has 190 valence electrons. The van der Waals surface area contributed by atoms with E-state index in [0.717, 1.165) is 38.3 Å². The average Bonchev–Trinajstić information content (AvgIpc) is 3.33. The molecule has 1 aromatic carbocycles. The summed E-state index contributed by atoms with van der Waals surface area (Å²) in [5, 5.41) is 12.3. The van der Waals surface area contributed by atoms with Gasteiger partial charge in [0.25, 0.3) is 0 Å². The molecule has 0 saturated carbocycles. The van der Waals surface area contributed by atoms with Gasteiger partial charge in [-0.3, -0.25) is 9.69 Å². The van der Waals surface area contributed by atoms with E-state index in [2.05, 4.69) is 29.8 Å². The molecular formula is C23H29F3N6O3. The van der Waals surface area contributed by atoms with Crippen LogP contribution in [0.5, 0.6) is 5.75 Å². The minimum Gasteiger partial charge on any atom is -0.406 e. The minimum atomic E-state index is -4.73. The van der Waals surface area contributed by atoms with Crippen LogP contribution in [0.25, 0.3) is 0 Å². The van der Waals surface area contributed by atoms with Crippen molar-refractivity contribution in [2.24, 2.45) is 5.92 Å². The first-order chi connectivity index (χ1) is 16.8. The summed E-state index contributed by atoms with van der Waals surface area (Å²) in [6, 6.07) is 5.74. The third-order valence-corrected chi connectivity index (χ3v) is 6.21. The number of aliphatic hydroxyl groups is 1. The van der Waals surface area contributed by atoms with Crippen LogP contribution >= 0.6 is 0 Å². The van der Waals surface area contributed by atoms with E-state index in [1.54, 1.807) is 18.5 Å². The summed E-state index contributed by atoms with van der Waals surface area (Å²) in [5.74, 6) is 0.404. The number of piperazine rings is 1. The largest absolute Gasteiger partial charge is 0.573 e. The Hall–Kier alpha value is -3.12. The van der Waals surface area contributed by atoms with Gasteiger partial charge in [-0.05, 0) is 24.1 Å². The molecular weight excluding hydrogens is 465 g/mol. The number of hydrogen-bond donors (Lipinski definition) is 2. The Balaban J connectivity index is 1.22. The predicted molar refractivity (Wildman–Crippen MR) is 123 cm³/mol. The van der Waals surface area contributed by atoms with Crippen molar-refractivity contribution >= 4 is 17.5 Å². The number of aromatic nitrogens is 2. The van der Waals surface area contributed by atoms with Crippen LogP contribution in [0.3, 0.4) is 0 Å². The number of anilines is 2. The predicted octanol–water partition coefficient (Wildman–Crippen LogP) is 1.95. The van der Waals surface area contributed by atoms with Crippen LogP contribution in [0.15, 0.2) is 36.7 Å². The zero-order chi connectivity index (χ0) is 24.8. The molecule has 0 spiro atoms. The molecule has 12 heteroatoms. The molecule has 9 nitrogen and oxygen atoms in total. The second-order valence-electron chi connectivity index (χ2n) is 8.75. The molecule has 2 fully saturated rings. The summed E-state index contributed by atoms with van der Waals surface area (Å²) in [6.45, 7) is 5.11. The van der Waals surface area contributed by atoms with Gasteiger partial charge >= 0.3 is 6.36 Å². The van der Waals surface area contributed by atoms with Crippen molar-refractivity contribution in [2.75, 3.05) is 62.6 Å². The maximum Gasteiger partial charge on any atom is 0.573 e. The Morgan fingerprint density at radius 2 is 1.89 bits per heavy atom. The highest BCUT2D eigenvalue weighted by atomic mass is 19.4. The number of ether oxygens (including phenoxy) is 1. The molecule has 1 atom stereocenters. The van der Waals surface area contributed by atoms with Gasteiger partial charge in [-0.15, -0.1) is 13.2 Å². The first kappa shape index (κ1) is 25.0. The van der Waals surface area contributed by atoms with Crippen molar-refractivity contribution in [1.29, 1.82) is 0 Å². The third kappa shape index (κ3) is 7.18. The Labute approximate surface area is 201 Å². The molecule has 2 saturated heterocycles. The summed E-state index contributed by atoms with van der Waals surface area (Å²) in [4.78, 5) is 27.3. The van der Waals surface area contributed by atoms with E-state index in [1.807, 2.05) is 4.90 Å². The topological polar surface area (TPSA) is 94.1 Å². The number of amides is 1. The van der Waals surface area contributed by atoms with Crippen LogP contribution in [0.4, 0.5) is 24.8 Å². The van der Waals surface area contributed by atoms with Gasteiger partial charge in [0.05, 0.1) is 24.6 Å². The normalized spacial score (nSPS) is 19.1. The van der Waals surface area contributed by atoms with Crippen LogP contribution in [0.2, 0.25) is 0 Å². The summed E-state index contributed by atoms with van der Waals surface area (Å²) in [6.07, 6.45) is -0.458. The van der Waals surface area contributed by atoms with E-state index in [4.69, 9.17) is 0 Å². The number of benzene rings is 1. The van der Waals surface area contributed by atoms with Gasteiger partial charge in [-0.1, -0.05) is 12.1 Å². The van der Waals surface area contributed by atoms with Gasteiger partial charge in [0, 0.05) is 58.3 Å². The zero-order valence-electron chi connectivity index (χ0n) is 19.2. The van der Waals surface area contributed by atoms with E-state index < -0.39 is 6.36 Å². The lowest BCUT2D eigenvalue weighted by molar-refractivity contribution is -0.274. The highest BCUT2D eigenvalue weighted by molar-refractivity contribution is 5.78. The minimum absolute atomic E-state index is 0.115. The van der Waals surface area contributed by atoms with Crippen LogP contribution < -0.4 is 15.0 Å². The molecule has 1 unspecified atom stereocenters. The van der Waals surface area contributed by atoms with Crippen LogP contribution in [-0.4, -0.2) is 89.6 Å². The van der Waals surface area contributed by atoms with Crippen molar-refractivity contribution in [3.05, 3.63) is 42.2 Å². The maximum absolute atomic E-state index is 12.5. The maximum atomic E-state index is 12.5. The lowest BCUT2D eigenvalue weighted by Crippen LogP contribution is -2.50. The van der Waals surface area contributed by atoms with Gasteiger partial charge in [0.1, 0.15) is 5.75 Å². The Morgan fingerprint density at radius 3 is 2.54 bits per heavy atom. The molecule has 0 radical (unpaired) electrons. The molecule has 3 heterocycles. The Bertz CT molecular complexity index is 983. The molecule has 2 aliphatic heterocycles. The second-order valence-corrected chi connectivity index (χ2v) is 8.75. The van der Waals surface area contributed by atoms with Crippen molar-refractivity contribution in [3.63, 3.8) is 0 Å². The quantitative estimate of drug-likeness (QED) is 0.575. The van der Waals surface area contributed by atoms with Gasteiger partial charge in [0.15, 0.2) is 0 Å². The number of alkyl halides is 3. The smallest absolute Gasteiger partial charge is 0.406 e. The van der Waals surface area contributed by atoms with Crippen molar-refractivity contribution in [2.45, 2.75) is 19.3 Å². The van der Waals surface area contributed by atoms with E-state index in [9.17, 15) is 23.1 Å². The monoisotopic (exact) mass is 494 g/mol. The molecule has 1 aromatic heterocycles. The van der Waals surface area contributed by atoms with Gasteiger partial charge < -0.3 is 25.0 Å². The lowest BCUT2D eigenvalue weighted by Gasteiger charge is -2.36. The number of halogens is 3. The van der Waals surface area contributed by atoms with Crippen LogP contribution in [0, 0.1) is 5.92 Å². The highest BCUT2D eigenvalue weighted by Gasteiger charge is 2.31. The lowest BCUT2D eigenvalue weighted by atomic mass is 10.1. The number of aliphatic hydroxyl groups excluding tert-OH is 1. The van der Waals surface area contributed by atoms with Gasteiger partial charge in [-0.2, -0.15) is 0 Å². The fourth-order valence-electron chi connectivity index (χ4n) is 4.27. The number of nitrogens with zero attached hydrogens (tertiary/aromatic N) is 5. The number of carbonyl (C=O) groups is 1. The molecule has 4 rings (SSSR count). The third-order valence-electron chi connectivity index (χ3n) is 6.21. The van der Waals surface area contributed by atoms with Crippen molar-refractivity contribution < 1.29 is 27.8 Å². The van der Waals surface area contributed by atoms with E-state index >= 15 is 0 Å². The summed E-state index contributed by atoms with van der Waals surface area (Å²) in [7, 11) is 0. The number of likely N-dealkylation sites (tertiary alicyclic amines) is 1. The van der Waals surface area contributed by atoms with Crippen LogP contribution in [-0.2, 0) is 11.3 Å². The Kier molecular flexibility index (Phi) is 7.91. The number of hydrogen-bond acceptors (Lipinski definition) is 8. The summed E-state index contributed by atoms with van der Waals surface area (Å²) < 4.78 is 41.1. The molecule has 0 bridgehead atoms. The second kappa shape index (κ2) is 11.1. The molecule has 0 aliphatic carbocycles. The van der Waals surface area contributed by atoms with Crippen molar-refractivity contribution in [3.8, 4) is 5.75 Å². The molecule has 2 aliphatic rings. The van der Waals surface area contributed by atoms with E-state index in [1.165, 1.54) is 18.2 Å². The van der Waals surface area contributed by atoms with E-state index in [-0.39, 0.29) is 30.7 Å². The summed E-state index contributed by atoms with van der Waals surface area (Å²) in [5.41, 5.74) is 1.47. The summed E-state index contributed by atoms with van der Waals surface area (Å²) >= 11 is 0. The molecule has 35 heavy (non-hydrogen) atoms. The zero-order valence-corrected chi connectivity index (χ0v) is 19.2. The van der Waals surface area contributed by atoms with Gasteiger partial charge in [0.2, 0.25) is 11.9 Å². The number of rotatable bonds is 8.